The Balaban J connectivity index is 0.0000000972. The van der Waals surface area contributed by atoms with Crippen molar-refractivity contribution in [3.05, 3.63) is 305 Å². The van der Waals surface area contributed by atoms with Gasteiger partial charge in [-0.15, -0.1) is 11.3 Å². The Labute approximate surface area is 781 Å². The first-order valence-corrected chi connectivity index (χ1v) is 49.0. The number of anilines is 1. The number of esters is 5. The summed E-state index contributed by atoms with van der Waals surface area (Å²) >= 11 is 1.64. The zero-order chi connectivity index (χ0) is 90.2. The molecule has 5 aromatic carbocycles. The van der Waals surface area contributed by atoms with Crippen LogP contribution in [0.15, 0.2) is 267 Å². The first kappa shape index (κ1) is 85.7. The maximum Gasteiger partial charge on any atom is 0.332 e. The number of nitrogens with zero attached hydrogens (tertiary/aromatic N) is 8. The van der Waals surface area contributed by atoms with Crippen molar-refractivity contribution in [1.82, 2.24) is 24.5 Å². The van der Waals surface area contributed by atoms with E-state index in [1.807, 2.05) is 60.0 Å². The normalized spacial score (nSPS) is 31.4. The van der Waals surface area contributed by atoms with E-state index in [2.05, 4.69) is 204 Å². The van der Waals surface area contributed by atoms with Gasteiger partial charge in [0.1, 0.15) is 0 Å². The first-order valence-electron chi connectivity index (χ1n) is 48.1. The molecular weight excluding hydrogens is 1680 g/mol. The lowest BCUT2D eigenvalue weighted by atomic mass is 9.77. The standard InChI is InChI=1S/C27H23NO2.C25H27NO2.C21H18N4O2.C21H20N2O2.C19H17NO2S/c29-26-17-24-22(16-23-18-27(24,30-26)25-8-4-5-15-28(23)25)14-11-19-9-12-21(13-10-19)20-6-2-1-3-7-20;1-2-3-6-18-8-10-19(11-9-18)12-13-20-15-21-17-25(22(20)16-24(27)28-25)23-7-4-5-14-26(21)23;22-24-23-16-8-5-14(6-9-16)4-7-15-11-17-13-21(18(15)12-20(26)27-21)19-3-1-2-10-25(17)19;22-16-8-5-14(6-9-16)4-7-15-11-17-13-21(18(15)12-20(24)25-21)19-3-1-2-10-23(17)19;21-18-11-16-13(6-7-15-4-3-9-23-15)10-14-12-19(16,22-18)17-5-1-2-8-20(14)17/h1-3,6-7,9-10,12-13,16-17,23,25H,4-5,8,15,18H2;8-11,15-16,21,23H,2-7,14,17H2,1H3;5-6,8-9,11-12,17,19H,1-3,10,13H2;5-6,8-9,11-12,17,19H,1-3,10,13,22H2;3-4,9-11,14,17H,1-2,5,8,12H2/t23-,25-,27+;21-,23-,25+;2*17-,19-,21+;14-,17-,19+/m11111/s1. The number of piperidine rings is 5. The second-order valence-electron chi connectivity index (χ2n) is 38.7. The molecule has 0 saturated carbocycles. The van der Waals surface area contributed by atoms with E-state index in [0.717, 1.165) is 192 Å². The van der Waals surface area contributed by atoms with Crippen molar-refractivity contribution in [2.24, 2.45) is 5.11 Å². The third kappa shape index (κ3) is 15.7. The van der Waals surface area contributed by atoms with E-state index in [-0.39, 0.29) is 41.9 Å². The van der Waals surface area contributed by atoms with Crippen LogP contribution in [-0.4, -0.2) is 175 Å². The SMILES string of the molecule is CCCCc1ccc(C#CC2=C[C@@H]3C[C@@]4(OC(=O)C=C24)[C@H]2CCCCN32)cc1.Nc1ccc(C#CC2=C[C@@H]3C[C@@]4(OC(=O)C=C24)[C@H]2CCCCN32)cc1.O=C1C=C2C(C#Cc3ccc(-c4ccccc4)cc3)=C[C@@H]3C[C@@]2(O1)[C@H]1CCCCN31.O=C1C=C2C(C#Cc3cccs3)=C[C@@H]3C[C@@]2(O1)[C@H]1CCCCN31.[N-]=[N+]=Nc1ccc(C#CC2=C[C@@H]3C[C@@]4(OC(=O)C=C24)[C@H]2CCCCN32)cc1. The van der Waals surface area contributed by atoms with E-state index in [1.165, 1.54) is 93.7 Å². The number of hydrogen-bond acceptors (Lipinski definition) is 18. The number of fused-ring (bicyclic) bond motifs is 15. The average molecular weight is 1780 g/mol. The van der Waals surface area contributed by atoms with Gasteiger partial charge in [0.25, 0.3) is 0 Å². The Bertz CT molecular complexity index is 6530. The lowest BCUT2D eigenvalue weighted by Crippen LogP contribution is -2.48. The van der Waals surface area contributed by atoms with Gasteiger partial charge in [-0.3, -0.25) is 24.5 Å². The van der Waals surface area contributed by atoms with Crippen LogP contribution in [-0.2, 0) is 54.1 Å². The van der Waals surface area contributed by atoms with Crippen LogP contribution in [0.5, 0.6) is 0 Å². The number of nitrogen functional groups attached to an aromatic ring is 1. The van der Waals surface area contributed by atoms with Gasteiger partial charge >= 0.3 is 29.8 Å². The van der Waals surface area contributed by atoms with Crippen LogP contribution < -0.4 is 5.73 Å². The third-order valence-electron chi connectivity index (χ3n) is 31.3. The molecule has 15 atom stereocenters. The van der Waals surface area contributed by atoms with Gasteiger partial charge in [-0.1, -0.05) is 213 Å². The lowest BCUT2D eigenvalue weighted by Gasteiger charge is -2.38. The van der Waals surface area contributed by atoms with Crippen molar-refractivity contribution in [3.8, 4) is 70.3 Å². The fraction of sp³-hybridized carbons (Fsp3) is 0.389. The summed E-state index contributed by atoms with van der Waals surface area (Å²) in [6.07, 6.45) is 45.2. The highest BCUT2D eigenvalue weighted by Crippen LogP contribution is 2.59. The number of nitrogens with two attached hydrogens (primary N) is 1. The topological polar surface area (TPSA) is 222 Å². The smallest absolute Gasteiger partial charge is 0.332 e. The summed E-state index contributed by atoms with van der Waals surface area (Å²) in [4.78, 5) is 77.3. The van der Waals surface area contributed by atoms with Crippen LogP contribution in [0.1, 0.15) is 181 Å². The van der Waals surface area contributed by atoms with E-state index in [0.29, 0.717) is 54.0 Å². The lowest BCUT2D eigenvalue weighted by molar-refractivity contribution is -0.149. The molecule has 10 bridgehead atoms. The molecule has 19 nitrogen and oxygen atoms in total. The van der Waals surface area contributed by atoms with Crippen molar-refractivity contribution < 1.29 is 47.7 Å². The second kappa shape index (κ2) is 35.3. The molecule has 20 heteroatoms. The van der Waals surface area contributed by atoms with Gasteiger partial charge in [0.15, 0.2) is 28.0 Å². The first-order chi connectivity index (χ1) is 65.0. The summed E-state index contributed by atoms with van der Waals surface area (Å²) in [6, 6.07) is 49.2. The van der Waals surface area contributed by atoms with Crippen LogP contribution in [0.4, 0.5) is 11.4 Å². The molecule has 1 aromatic heterocycles. The number of azide groups is 1. The van der Waals surface area contributed by atoms with Crippen LogP contribution in [0.2, 0.25) is 0 Å². The van der Waals surface area contributed by atoms with Crippen molar-refractivity contribution in [2.45, 2.75) is 243 Å². The predicted molar refractivity (Wildman–Crippen MR) is 510 cm³/mol. The molecule has 15 aliphatic heterocycles. The number of carbonyl (C=O) groups is 5. The highest BCUT2D eigenvalue weighted by Gasteiger charge is 2.67. The third-order valence-corrected chi connectivity index (χ3v) is 32.1. The van der Waals surface area contributed by atoms with E-state index in [1.54, 1.807) is 53.8 Å². The quantitative estimate of drug-likeness (QED) is 0.0322. The molecule has 668 valence electrons. The second-order valence-corrected chi connectivity index (χ2v) is 39.6. The van der Waals surface area contributed by atoms with Crippen LogP contribution in [0, 0.1) is 59.2 Å². The number of hydrogen-bond donors (Lipinski definition) is 1. The molecular formula is C113H105N9O10S. The molecule has 10 fully saturated rings. The maximum absolute atomic E-state index is 12.3. The van der Waals surface area contributed by atoms with Gasteiger partial charge in [0.2, 0.25) is 0 Å². The summed E-state index contributed by atoms with van der Waals surface area (Å²) in [6.45, 7) is 7.63. The zero-order valence-corrected chi connectivity index (χ0v) is 75.7. The highest BCUT2D eigenvalue weighted by molar-refractivity contribution is 7.10. The Kier molecular flexibility index (Phi) is 22.8. The molecule has 0 radical (unpaired) electrons. The van der Waals surface area contributed by atoms with Crippen LogP contribution in [0.25, 0.3) is 21.6 Å². The summed E-state index contributed by atoms with van der Waals surface area (Å²) in [5.41, 5.74) is 30.5. The van der Waals surface area contributed by atoms with E-state index >= 15 is 0 Å². The van der Waals surface area contributed by atoms with Gasteiger partial charge in [-0.05, 0) is 204 Å². The minimum atomic E-state index is -0.508. The molecule has 0 amide bonds. The molecule has 133 heavy (non-hydrogen) atoms. The predicted octanol–water partition coefficient (Wildman–Crippen LogP) is 17.7. The Hall–Kier alpha value is -12.7. The number of thiophene rings is 1. The molecule has 26 rings (SSSR count). The molecule has 2 N–H and O–H groups in total. The van der Waals surface area contributed by atoms with Crippen LogP contribution in [0.3, 0.4) is 0 Å². The van der Waals surface area contributed by atoms with Gasteiger partial charge in [-0.2, -0.15) is 0 Å². The fourth-order valence-corrected chi connectivity index (χ4v) is 26.2. The monoisotopic (exact) mass is 1780 g/mol. The van der Waals surface area contributed by atoms with Crippen molar-refractivity contribution in [3.63, 3.8) is 0 Å². The van der Waals surface area contributed by atoms with Crippen molar-refractivity contribution in [1.29, 1.82) is 0 Å². The molecule has 5 spiro atoms. The van der Waals surface area contributed by atoms with Gasteiger partial charge in [0.05, 0.1) is 35.1 Å². The summed E-state index contributed by atoms with van der Waals surface area (Å²) in [5, 5.41) is 5.60. The Morgan fingerprint density at radius 2 is 0.684 bits per heavy atom. The number of benzene rings is 5. The number of rotatable bonds is 5. The van der Waals surface area contributed by atoms with Gasteiger partial charge in [0, 0.05) is 187 Å². The van der Waals surface area contributed by atoms with E-state index in [4.69, 9.17) is 34.9 Å². The molecule has 16 heterocycles. The largest absolute Gasteiger partial charge is 0.449 e. The van der Waals surface area contributed by atoms with Gasteiger partial charge in [-0.25, -0.2) is 24.0 Å². The summed E-state index contributed by atoms with van der Waals surface area (Å²) in [7, 11) is 0. The zero-order valence-electron chi connectivity index (χ0n) is 74.8. The van der Waals surface area contributed by atoms with E-state index < -0.39 is 28.0 Å². The number of ether oxygens (including phenoxy) is 5. The van der Waals surface area contributed by atoms with Gasteiger partial charge < -0.3 is 29.4 Å². The number of aryl methyl sites for hydroxylation is 1. The molecule has 20 aliphatic rings. The number of unbranched alkanes of at least 4 members (excludes halogenated alkanes) is 1. The highest BCUT2D eigenvalue weighted by atomic mass is 32.1. The van der Waals surface area contributed by atoms with E-state index in [9.17, 15) is 24.0 Å². The Morgan fingerprint density at radius 3 is 1.00 bits per heavy atom. The minimum absolute atomic E-state index is 0.197. The number of carbonyl (C=O) groups excluding carboxylic acids is 5. The average Bonchev–Trinajstić information content (AvgIpc) is 1.57. The molecule has 10 saturated heterocycles. The van der Waals surface area contributed by atoms with Crippen LogP contribution >= 0.6 is 11.3 Å². The summed E-state index contributed by atoms with van der Waals surface area (Å²) < 4.78 is 29.7. The fourth-order valence-electron chi connectivity index (χ4n) is 25.6. The Morgan fingerprint density at radius 1 is 0.376 bits per heavy atom. The summed E-state index contributed by atoms with van der Waals surface area (Å²) in [5.74, 6) is 31.9. The molecule has 0 unspecified atom stereocenters. The maximum atomic E-state index is 12.3. The molecule has 6 aromatic rings. The van der Waals surface area contributed by atoms with Crippen molar-refractivity contribution in [2.75, 3.05) is 38.5 Å². The minimum Gasteiger partial charge on any atom is -0.449 e. The molecule has 5 aliphatic carbocycles. The van der Waals surface area contributed by atoms with Crippen molar-refractivity contribution >= 4 is 52.6 Å².